The highest BCUT2D eigenvalue weighted by Crippen LogP contribution is 2.23. The number of aryl methyl sites for hydroxylation is 1. The molecule has 1 heterocycles. The molecule has 1 aromatic carbocycles. The van der Waals surface area contributed by atoms with Gasteiger partial charge in [0, 0.05) is 11.4 Å². The highest BCUT2D eigenvalue weighted by atomic mass is 35.5. The van der Waals surface area contributed by atoms with Crippen LogP contribution < -0.4 is 10.5 Å². The lowest BCUT2D eigenvalue weighted by atomic mass is 10.2. The molecule has 0 aliphatic heterocycles. The van der Waals surface area contributed by atoms with Crippen LogP contribution in [-0.2, 0) is 16.6 Å². The maximum Gasteiger partial charge on any atom is 0.242 e. The first kappa shape index (κ1) is 14.3. The molecule has 2 rings (SSSR count). The van der Waals surface area contributed by atoms with Gasteiger partial charge in [-0.25, -0.2) is 13.1 Å². The average Bonchev–Trinajstić information content (AvgIpc) is 2.72. The Morgan fingerprint density at radius 1 is 1.32 bits per heavy atom. The second-order valence-electron chi connectivity index (χ2n) is 4.07. The number of hydrogen-bond donors (Lipinski definition) is 2. The first-order valence-electron chi connectivity index (χ1n) is 5.48. The molecule has 0 radical (unpaired) electrons. The Kier molecular flexibility index (Phi) is 4.15. The molecule has 7 heteroatoms. The van der Waals surface area contributed by atoms with E-state index in [1.165, 1.54) is 17.4 Å². The van der Waals surface area contributed by atoms with Gasteiger partial charge in [0.05, 0.1) is 10.0 Å². The van der Waals surface area contributed by atoms with Crippen LogP contribution >= 0.6 is 22.9 Å². The van der Waals surface area contributed by atoms with E-state index in [0.717, 1.165) is 10.4 Å². The molecule has 1 aromatic heterocycles. The van der Waals surface area contributed by atoms with Crippen LogP contribution in [0.4, 0.5) is 5.69 Å². The van der Waals surface area contributed by atoms with Gasteiger partial charge in [-0.3, -0.25) is 0 Å². The Morgan fingerprint density at radius 2 is 2.05 bits per heavy atom. The quantitative estimate of drug-likeness (QED) is 0.852. The van der Waals surface area contributed by atoms with Crippen LogP contribution in [0, 0.1) is 6.92 Å². The van der Waals surface area contributed by atoms with Crippen molar-refractivity contribution >= 4 is 38.6 Å². The van der Waals surface area contributed by atoms with Crippen LogP contribution in [0.2, 0.25) is 4.34 Å². The maximum absolute atomic E-state index is 12.1. The van der Waals surface area contributed by atoms with Crippen LogP contribution in [0.25, 0.3) is 0 Å². The molecule has 2 aromatic rings. The average molecular weight is 317 g/mol. The SMILES string of the molecule is Cc1ccc(S(=O)(=O)NCc2ccc(Cl)s2)c(N)c1. The lowest BCUT2D eigenvalue weighted by Gasteiger charge is -2.08. The van der Waals surface area contributed by atoms with Gasteiger partial charge < -0.3 is 5.73 Å². The number of sulfonamides is 1. The fourth-order valence-corrected chi connectivity index (χ4v) is 3.84. The van der Waals surface area contributed by atoms with Gasteiger partial charge in [0.15, 0.2) is 0 Å². The van der Waals surface area contributed by atoms with Gasteiger partial charge in [0.2, 0.25) is 10.0 Å². The van der Waals surface area contributed by atoms with Gasteiger partial charge in [-0.05, 0) is 36.8 Å². The minimum atomic E-state index is -3.61. The van der Waals surface area contributed by atoms with E-state index in [4.69, 9.17) is 17.3 Å². The van der Waals surface area contributed by atoms with Gasteiger partial charge in [-0.2, -0.15) is 0 Å². The highest BCUT2D eigenvalue weighted by Gasteiger charge is 2.17. The molecule has 0 unspecified atom stereocenters. The number of rotatable bonds is 4. The lowest BCUT2D eigenvalue weighted by molar-refractivity contribution is 0.582. The van der Waals surface area contributed by atoms with E-state index in [-0.39, 0.29) is 17.1 Å². The molecule has 0 bridgehead atoms. The molecule has 102 valence electrons. The number of hydrogen-bond acceptors (Lipinski definition) is 4. The van der Waals surface area contributed by atoms with Crippen LogP contribution in [0.1, 0.15) is 10.4 Å². The minimum absolute atomic E-state index is 0.0979. The summed E-state index contributed by atoms with van der Waals surface area (Å²) in [6.45, 7) is 2.06. The molecule has 0 saturated heterocycles. The Labute approximate surface area is 121 Å². The van der Waals surface area contributed by atoms with Crippen molar-refractivity contribution in [3.05, 3.63) is 45.1 Å². The first-order valence-corrected chi connectivity index (χ1v) is 8.16. The van der Waals surface area contributed by atoms with Crippen LogP contribution in [-0.4, -0.2) is 8.42 Å². The summed E-state index contributed by atoms with van der Waals surface area (Å²) in [7, 11) is -3.61. The van der Waals surface area contributed by atoms with E-state index in [2.05, 4.69) is 4.72 Å². The second-order valence-corrected chi connectivity index (χ2v) is 7.61. The van der Waals surface area contributed by atoms with E-state index in [0.29, 0.717) is 4.34 Å². The van der Waals surface area contributed by atoms with Crippen molar-refractivity contribution < 1.29 is 8.42 Å². The molecule has 0 amide bonds. The van der Waals surface area contributed by atoms with Gasteiger partial charge in [0.25, 0.3) is 0 Å². The largest absolute Gasteiger partial charge is 0.398 e. The molecular weight excluding hydrogens is 304 g/mol. The third kappa shape index (κ3) is 3.48. The van der Waals surface area contributed by atoms with E-state index >= 15 is 0 Å². The molecule has 4 nitrogen and oxygen atoms in total. The van der Waals surface area contributed by atoms with Crippen molar-refractivity contribution in [3.8, 4) is 0 Å². The predicted molar refractivity (Wildman–Crippen MR) is 78.9 cm³/mol. The summed E-state index contributed by atoms with van der Waals surface area (Å²) < 4.78 is 27.4. The molecule has 19 heavy (non-hydrogen) atoms. The zero-order chi connectivity index (χ0) is 14.0. The number of nitrogens with two attached hydrogens (primary N) is 1. The van der Waals surface area contributed by atoms with Crippen LogP contribution in [0.5, 0.6) is 0 Å². The standard InChI is InChI=1S/C12H13ClN2O2S2/c1-8-2-4-11(10(14)6-8)19(16,17)15-7-9-3-5-12(13)18-9/h2-6,15H,7,14H2,1H3. The van der Waals surface area contributed by atoms with Crippen molar-refractivity contribution in [3.63, 3.8) is 0 Å². The molecule has 3 N–H and O–H groups in total. The summed E-state index contributed by atoms with van der Waals surface area (Å²) in [5.41, 5.74) is 6.91. The third-order valence-corrected chi connectivity index (χ3v) is 5.23. The zero-order valence-electron chi connectivity index (χ0n) is 10.2. The molecule has 0 fully saturated rings. The molecule has 0 aliphatic carbocycles. The van der Waals surface area contributed by atoms with Crippen molar-refractivity contribution in [1.82, 2.24) is 4.72 Å². The highest BCUT2D eigenvalue weighted by molar-refractivity contribution is 7.89. The van der Waals surface area contributed by atoms with E-state index in [1.54, 1.807) is 24.3 Å². The van der Waals surface area contributed by atoms with Crippen LogP contribution in [0.3, 0.4) is 0 Å². The zero-order valence-corrected chi connectivity index (χ0v) is 12.6. The molecular formula is C12H13ClN2O2S2. The fraction of sp³-hybridized carbons (Fsp3) is 0.167. The first-order chi connectivity index (χ1) is 8.88. The number of anilines is 1. The van der Waals surface area contributed by atoms with Crippen LogP contribution in [0.15, 0.2) is 35.2 Å². The van der Waals surface area contributed by atoms with Crippen molar-refractivity contribution in [2.75, 3.05) is 5.73 Å². The number of nitrogens with one attached hydrogen (secondary N) is 1. The Morgan fingerprint density at radius 3 is 2.63 bits per heavy atom. The second kappa shape index (κ2) is 5.50. The van der Waals surface area contributed by atoms with Gasteiger partial charge >= 0.3 is 0 Å². The van der Waals surface area contributed by atoms with Crippen molar-refractivity contribution in [1.29, 1.82) is 0 Å². The number of halogens is 1. The van der Waals surface area contributed by atoms with Gasteiger partial charge in [-0.1, -0.05) is 17.7 Å². The fourth-order valence-electron chi connectivity index (χ4n) is 1.60. The molecule has 0 spiro atoms. The summed E-state index contributed by atoms with van der Waals surface area (Å²) >= 11 is 7.13. The molecule has 0 saturated carbocycles. The Balaban J connectivity index is 2.18. The number of benzene rings is 1. The molecule has 0 atom stereocenters. The summed E-state index contributed by atoms with van der Waals surface area (Å²) in [5.74, 6) is 0. The monoisotopic (exact) mass is 316 g/mol. The molecule has 0 aliphatic rings. The van der Waals surface area contributed by atoms with Crippen molar-refractivity contribution in [2.24, 2.45) is 0 Å². The van der Waals surface area contributed by atoms with E-state index in [1.807, 2.05) is 6.92 Å². The summed E-state index contributed by atoms with van der Waals surface area (Å²) in [5, 5.41) is 0. The summed E-state index contributed by atoms with van der Waals surface area (Å²) in [4.78, 5) is 0.944. The normalized spacial score (nSPS) is 11.7. The number of nitrogen functional groups attached to an aromatic ring is 1. The maximum atomic E-state index is 12.1. The Bertz CT molecular complexity index is 696. The third-order valence-electron chi connectivity index (χ3n) is 2.52. The topological polar surface area (TPSA) is 72.2 Å². The summed E-state index contributed by atoms with van der Waals surface area (Å²) in [6.07, 6.45) is 0. The van der Waals surface area contributed by atoms with Crippen molar-refractivity contribution in [2.45, 2.75) is 18.4 Å². The van der Waals surface area contributed by atoms with E-state index < -0.39 is 10.0 Å². The predicted octanol–water partition coefficient (Wildman–Crippen LogP) is 2.77. The number of thiophene rings is 1. The minimum Gasteiger partial charge on any atom is -0.398 e. The Hall–Kier alpha value is -1.08. The summed E-state index contributed by atoms with van der Waals surface area (Å²) in [6, 6.07) is 8.38. The van der Waals surface area contributed by atoms with Gasteiger partial charge in [0.1, 0.15) is 4.90 Å². The lowest BCUT2D eigenvalue weighted by Crippen LogP contribution is -2.23. The van der Waals surface area contributed by atoms with Gasteiger partial charge in [-0.15, -0.1) is 11.3 Å². The smallest absolute Gasteiger partial charge is 0.242 e. The van der Waals surface area contributed by atoms with E-state index in [9.17, 15) is 8.42 Å².